The predicted octanol–water partition coefficient (Wildman–Crippen LogP) is 5.56. The molecule has 0 unspecified atom stereocenters. The van der Waals surface area contributed by atoms with Gasteiger partial charge in [-0.3, -0.25) is 9.48 Å². The van der Waals surface area contributed by atoms with Gasteiger partial charge in [0.1, 0.15) is 5.69 Å². The van der Waals surface area contributed by atoms with E-state index in [2.05, 4.69) is 47.4 Å². The molecule has 0 aromatic carbocycles. The minimum Gasteiger partial charge on any atom is -0.330 e. The van der Waals surface area contributed by atoms with Crippen LogP contribution in [-0.4, -0.2) is 52.1 Å². The number of carbonyl (C=O) groups excluding carboxylic acids is 1. The first-order valence-corrected chi connectivity index (χ1v) is 11.4. The molecule has 0 bridgehead atoms. The molecule has 0 saturated carbocycles. The molecule has 3 heterocycles. The Bertz CT molecular complexity index is 813. The van der Waals surface area contributed by atoms with Gasteiger partial charge in [0, 0.05) is 24.5 Å². The first-order chi connectivity index (χ1) is 15.9. The summed E-state index contributed by atoms with van der Waals surface area (Å²) in [6.07, 6.45) is 10.6. The topological polar surface area (TPSA) is 67.2 Å². The lowest BCUT2D eigenvalue weighted by Crippen LogP contribution is -2.19. The van der Waals surface area contributed by atoms with Crippen LogP contribution in [-0.2, 0) is 19.6 Å². The maximum atomic E-state index is 10.8. The monoisotopic (exact) mass is 456 g/mol. The summed E-state index contributed by atoms with van der Waals surface area (Å²) in [6, 6.07) is 1.60. The molecule has 0 N–H and O–H groups in total. The molecular formula is C26H44N6O. The van der Waals surface area contributed by atoms with Crippen LogP contribution in [0.5, 0.6) is 0 Å². The fourth-order valence-corrected chi connectivity index (χ4v) is 2.58. The maximum absolute atomic E-state index is 10.8. The molecule has 0 aliphatic carbocycles. The second-order valence-electron chi connectivity index (χ2n) is 6.93. The summed E-state index contributed by atoms with van der Waals surface area (Å²) in [4.78, 5) is 23.3. The number of carbonyl (C=O) groups is 1. The second-order valence-corrected chi connectivity index (χ2v) is 6.93. The fourth-order valence-electron chi connectivity index (χ4n) is 2.58. The highest BCUT2D eigenvalue weighted by molar-refractivity contribution is 5.72. The van der Waals surface area contributed by atoms with Crippen LogP contribution < -0.4 is 4.90 Å². The zero-order valence-corrected chi connectivity index (χ0v) is 22.2. The number of anilines is 1. The molecule has 0 radical (unpaired) electrons. The Hall–Kier alpha value is -3.06. The number of hydrogen-bond acceptors (Lipinski definition) is 6. The number of fused-ring (bicyclic) bond motifs is 1. The first-order valence-electron chi connectivity index (χ1n) is 11.4. The van der Waals surface area contributed by atoms with Crippen molar-refractivity contribution < 1.29 is 4.79 Å². The van der Waals surface area contributed by atoms with E-state index in [1.807, 2.05) is 82.4 Å². The van der Waals surface area contributed by atoms with E-state index >= 15 is 0 Å². The van der Waals surface area contributed by atoms with E-state index in [1.54, 1.807) is 12.3 Å². The Morgan fingerprint density at radius 3 is 2.27 bits per heavy atom. The summed E-state index contributed by atoms with van der Waals surface area (Å²) in [5.74, 6) is 0.573. The third kappa shape index (κ3) is 12.5. The Labute approximate surface area is 201 Å². The lowest BCUT2D eigenvalue weighted by atomic mass is 10.2. The van der Waals surface area contributed by atoms with Gasteiger partial charge in [-0.25, -0.2) is 9.97 Å². The van der Waals surface area contributed by atoms with Crippen LogP contribution in [0.2, 0.25) is 0 Å². The van der Waals surface area contributed by atoms with Gasteiger partial charge in [-0.15, -0.1) is 13.2 Å². The number of hydrogen-bond donors (Lipinski definition) is 0. The average Bonchev–Trinajstić information content (AvgIpc) is 3.40. The van der Waals surface area contributed by atoms with Gasteiger partial charge in [0.15, 0.2) is 6.29 Å². The smallest absolute Gasteiger partial charge is 0.226 e. The van der Waals surface area contributed by atoms with E-state index in [1.165, 1.54) is 11.1 Å². The van der Waals surface area contributed by atoms with Gasteiger partial charge in [0.05, 0.1) is 18.8 Å². The molecule has 0 spiro atoms. The van der Waals surface area contributed by atoms with E-state index in [0.29, 0.717) is 18.2 Å². The fraction of sp³-hybridized carbons (Fsp3) is 0.462. The number of aldehydes is 1. The summed E-state index contributed by atoms with van der Waals surface area (Å²) in [5, 5.41) is 4.64. The third-order valence-corrected chi connectivity index (χ3v) is 3.68. The Morgan fingerprint density at radius 2 is 1.76 bits per heavy atom. The molecule has 7 heteroatoms. The van der Waals surface area contributed by atoms with E-state index in [-0.39, 0.29) is 0 Å². The third-order valence-electron chi connectivity index (χ3n) is 3.68. The van der Waals surface area contributed by atoms with Gasteiger partial charge in [-0.2, -0.15) is 5.10 Å². The van der Waals surface area contributed by atoms with Crippen LogP contribution in [0, 0.1) is 0 Å². The number of rotatable bonds is 5. The minimum atomic E-state index is 0.398. The van der Waals surface area contributed by atoms with Crippen molar-refractivity contribution in [3.8, 4) is 0 Å². The molecule has 33 heavy (non-hydrogen) atoms. The van der Waals surface area contributed by atoms with Crippen molar-refractivity contribution in [1.82, 2.24) is 24.6 Å². The number of aromatic nitrogens is 4. The van der Waals surface area contributed by atoms with Crippen molar-refractivity contribution >= 4 is 12.2 Å². The molecule has 7 nitrogen and oxygen atoms in total. The van der Waals surface area contributed by atoms with Crippen molar-refractivity contribution in [2.45, 2.75) is 61.2 Å². The average molecular weight is 457 g/mol. The quantitative estimate of drug-likeness (QED) is 0.333. The van der Waals surface area contributed by atoms with Gasteiger partial charge < -0.3 is 9.80 Å². The Kier molecular flexibility index (Phi) is 19.1. The molecule has 0 fully saturated rings. The van der Waals surface area contributed by atoms with Gasteiger partial charge >= 0.3 is 0 Å². The van der Waals surface area contributed by atoms with Crippen LogP contribution in [0.15, 0.2) is 55.4 Å². The Morgan fingerprint density at radius 1 is 1.15 bits per heavy atom. The van der Waals surface area contributed by atoms with Gasteiger partial charge in [0.2, 0.25) is 5.95 Å². The lowest BCUT2D eigenvalue weighted by Gasteiger charge is -2.15. The molecule has 184 valence electrons. The van der Waals surface area contributed by atoms with E-state index in [9.17, 15) is 4.79 Å². The van der Waals surface area contributed by atoms with Gasteiger partial charge in [-0.1, -0.05) is 51.5 Å². The van der Waals surface area contributed by atoms with Crippen molar-refractivity contribution in [1.29, 1.82) is 0 Å². The first kappa shape index (κ1) is 32.1. The summed E-state index contributed by atoms with van der Waals surface area (Å²) >= 11 is 0. The van der Waals surface area contributed by atoms with Crippen molar-refractivity contribution in [2.75, 3.05) is 26.0 Å². The van der Waals surface area contributed by atoms with E-state index < -0.39 is 0 Å². The highest BCUT2D eigenvalue weighted by Crippen LogP contribution is 2.25. The maximum Gasteiger partial charge on any atom is 0.226 e. The normalized spacial score (nSPS) is 11.7. The van der Waals surface area contributed by atoms with Crippen molar-refractivity contribution in [3.05, 3.63) is 72.4 Å². The molecular weight excluding hydrogens is 412 g/mol. The molecule has 2 aromatic rings. The highest BCUT2D eigenvalue weighted by atomic mass is 16.1. The SMILES string of the molecule is C/C=C\C=C(/C)Cn1cc2c(n1)CN(c1nccc(C=O)n1)C2.C=C.CC.CC.CN(C)C. The van der Waals surface area contributed by atoms with Crippen LogP contribution in [0.1, 0.15) is 63.3 Å². The number of allylic oxidation sites excluding steroid dienone is 4. The second kappa shape index (κ2) is 19.6. The summed E-state index contributed by atoms with van der Waals surface area (Å²) in [5.41, 5.74) is 3.88. The molecule has 0 saturated heterocycles. The molecule has 1 aliphatic rings. The number of nitrogens with zero attached hydrogens (tertiary/aromatic N) is 6. The molecule has 3 rings (SSSR count). The Balaban J connectivity index is 0. The van der Waals surface area contributed by atoms with Gasteiger partial charge in [-0.05, 0) is 41.1 Å². The van der Waals surface area contributed by atoms with Crippen molar-refractivity contribution in [3.63, 3.8) is 0 Å². The van der Waals surface area contributed by atoms with Crippen molar-refractivity contribution in [2.24, 2.45) is 0 Å². The molecule has 0 amide bonds. The summed E-state index contributed by atoms with van der Waals surface area (Å²) < 4.78 is 1.97. The van der Waals surface area contributed by atoms with E-state index in [0.717, 1.165) is 25.1 Å². The van der Waals surface area contributed by atoms with Crippen LogP contribution in [0.4, 0.5) is 5.95 Å². The molecule has 2 aromatic heterocycles. The summed E-state index contributed by atoms with van der Waals surface area (Å²) in [6.45, 7) is 20.3. The predicted molar refractivity (Wildman–Crippen MR) is 142 cm³/mol. The summed E-state index contributed by atoms with van der Waals surface area (Å²) in [7, 11) is 6.00. The zero-order chi connectivity index (χ0) is 25.8. The van der Waals surface area contributed by atoms with Crippen LogP contribution in [0.3, 0.4) is 0 Å². The van der Waals surface area contributed by atoms with Crippen LogP contribution >= 0.6 is 0 Å². The standard InChI is InChI=1S/C17H19N5O.C3H9N.2C2H6.C2H4/c1-3-4-5-13(2)8-22-10-14-9-21(11-16(14)20-22)17-18-7-6-15(12-23)19-17;1-4(2)3;3*1-2/h3-7,10,12H,8-9,11H2,1-2H3;1-3H3;2*1-2H3;1-2H2/b4-3-,13-5+;;;;. The highest BCUT2D eigenvalue weighted by Gasteiger charge is 2.24. The van der Waals surface area contributed by atoms with E-state index in [4.69, 9.17) is 0 Å². The zero-order valence-electron chi connectivity index (χ0n) is 22.2. The largest absolute Gasteiger partial charge is 0.330 e. The van der Waals surface area contributed by atoms with Gasteiger partial charge in [0.25, 0.3) is 0 Å². The lowest BCUT2D eigenvalue weighted by molar-refractivity contribution is 0.111. The molecule has 1 aliphatic heterocycles. The molecule has 0 atom stereocenters. The minimum absolute atomic E-state index is 0.398. The van der Waals surface area contributed by atoms with Crippen LogP contribution in [0.25, 0.3) is 0 Å².